The summed E-state index contributed by atoms with van der Waals surface area (Å²) in [5, 5.41) is 0. The van der Waals surface area contributed by atoms with Crippen molar-refractivity contribution in [2.24, 2.45) is 0 Å². The van der Waals surface area contributed by atoms with Gasteiger partial charge in [-0.25, -0.2) is 0 Å². The summed E-state index contributed by atoms with van der Waals surface area (Å²) < 4.78 is 13.3. The highest BCUT2D eigenvalue weighted by atomic mass is 16.5. The zero-order valence-corrected chi connectivity index (χ0v) is 28.7. The molecule has 0 heterocycles. The minimum absolute atomic E-state index is 0.0350. The molecule has 252 valence electrons. The van der Waals surface area contributed by atoms with Gasteiger partial charge in [-0.3, -0.25) is 0 Å². The standard InChI is InChI=1S/C44H54N2O2/c45-36-18-22-38(23-19-36)47-42-26-16-34(30-40(42)32-12-6-4-7-13-32)44(28-10-2-1-3-11-29-44)35-17-27-43(48-39-24-20-37(46)21-25-39)41(31-35)33-14-8-5-9-15-33/h16-27,30-33H,1-15,28-29,45-46H2. The number of benzene rings is 4. The molecule has 0 spiro atoms. The first kappa shape index (κ1) is 32.6. The highest BCUT2D eigenvalue weighted by Gasteiger charge is 2.37. The van der Waals surface area contributed by atoms with Crippen molar-refractivity contribution in [1.82, 2.24) is 0 Å². The van der Waals surface area contributed by atoms with E-state index in [1.54, 1.807) is 0 Å². The molecule has 3 aliphatic carbocycles. The molecular weight excluding hydrogens is 588 g/mol. The minimum atomic E-state index is -0.0350. The van der Waals surface area contributed by atoms with Crippen molar-refractivity contribution in [3.63, 3.8) is 0 Å². The third-order valence-corrected chi connectivity index (χ3v) is 11.6. The van der Waals surface area contributed by atoms with E-state index in [1.807, 2.05) is 48.5 Å². The van der Waals surface area contributed by atoms with Crippen molar-refractivity contribution in [3.8, 4) is 23.0 Å². The van der Waals surface area contributed by atoms with Crippen LogP contribution in [0.1, 0.15) is 143 Å². The zero-order chi connectivity index (χ0) is 32.8. The Hall–Kier alpha value is -3.92. The van der Waals surface area contributed by atoms with Gasteiger partial charge in [0.15, 0.2) is 0 Å². The quantitative estimate of drug-likeness (QED) is 0.188. The van der Waals surface area contributed by atoms with Gasteiger partial charge < -0.3 is 20.9 Å². The SMILES string of the molecule is Nc1ccc(Oc2ccc(C3(c4ccc(Oc5ccc(N)cc5)c(C5CCCCC5)c4)CCCCCCC3)cc2C2CCCCC2)cc1. The zero-order valence-electron chi connectivity index (χ0n) is 28.7. The second-order valence-corrected chi connectivity index (χ2v) is 14.9. The van der Waals surface area contributed by atoms with Crippen LogP contribution in [0.5, 0.6) is 23.0 Å². The monoisotopic (exact) mass is 642 g/mol. The van der Waals surface area contributed by atoms with E-state index in [4.69, 9.17) is 20.9 Å². The van der Waals surface area contributed by atoms with Gasteiger partial charge in [0, 0.05) is 16.8 Å². The fourth-order valence-electron chi connectivity index (χ4n) is 8.92. The van der Waals surface area contributed by atoms with Crippen molar-refractivity contribution in [2.45, 2.75) is 126 Å². The summed E-state index contributed by atoms with van der Waals surface area (Å²) in [6, 6.07) is 30.2. The van der Waals surface area contributed by atoms with Crippen LogP contribution in [-0.4, -0.2) is 0 Å². The van der Waals surface area contributed by atoms with Crippen molar-refractivity contribution in [3.05, 3.63) is 107 Å². The van der Waals surface area contributed by atoms with Gasteiger partial charge in [-0.2, -0.15) is 0 Å². The number of rotatable bonds is 8. The summed E-state index contributed by atoms with van der Waals surface area (Å²) in [6.07, 6.45) is 21.6. The summed E-state index contributed by atoms with van der Waals surface area (Å²) in [5.41, 5.74) is 19.2. The Morgan fingerprint density at radius 2 is 0.812 bits per heavy atom. The first-order valence-corrected chi connectivity index (χ1v) is 18.9. The molecule has 4 aromatic rings. The molecule has 0 unspecified atom stereocenters. The molecule has 0 bridgehead atoms. The predicted molar refractivity (Wildman–Crippen MR) is 199 cm³/mol. The van der Waals surface area contributed by atoms with E-state index in [2.05, 4.69) is 36.4 Å². The molecule has 3 aliphatic rings. The van der Waals surface area contributed by atoms with Gasteiger partial charge in [-0.1, -0.05) is 94.9 Å². The summed E-state index contributed by atoms with van der Waals surface area (Å²) in [5.74, 6) is 4.77. The smallest absolute Gasteiger partial charge is 0.130 e. The van der Waals surface area contributed by atoms with Crippen LogP contribution in [0, 0.1) is 0 Å². The molecule has 4 aromatic carbocycles. The van der Waals surface area contributed by atoms with Crippen LogP contribution in [-0.2, 0) is 5.41 Å². The molecule has 4 heteroatoms. The molecule has 4 nitrogen and oxygen atoms in total. The topological polar surface area (TPSA) is 70.5 Å². The Labute approximate surface area is 288 Å². The average molecular weight is 643 g/mol. The molecule has 0 amide bonds. The molecule has 0 atom stereocenters. The first-order chi connectivity index (χ1) is 23.6. The van der Waals surface area contributed by atoms with E-state index in [0.717, 1.165) is 34.4 Å². The lowest BCUT2D eigenvalue weighted by Crippen LogP contribution is -2.29. The summed E-state index contributed by atoms with van der Waals surface area (Å²) in [7, 11) is 0. The number of nitrogen functional groups attached to an aromatic ring is 2. The van der Waals surface area contributed by atoms with Crippen LogP contribution in [0.3, 0.4) is 0 Å². The van der Waals surface area contributed by atoms with E-state index in [9.17, 15) is 0 Å². The van der Waals surface area contributed by atoms with Crippen LogP contribution in [0.25, 0.3) is 0 Å². The van der Waals surface area contributed by atoms with E-state index < -0.39 is 0 Å². The Kier molecular flexibility index (Phi) is 10.3. The van der Waals surface area contributed by atoms with Crippen LogP contribution in [0.2, 0.25) is 0 Å². The molecule has 7 rings (SSSR count). The molecule has 0 aromatic heterocycles. The second kappa shape index (κ2) is 15.1. The van der Waals surface area contributed by atoms with Crippen molar-refractivity contribution in [1.29, 1.82) is 0 Å². The van der Waals surface area contributed by atoms with Crippen LogP contribution >= 0.6 is 0 Å². The Bertz CT molecular complexity index is 1510. The Balaban J connectivity index is 1.32. The maximum Gasteiger partial charge on any atom is 0.130 e. The molecule has 4 N–H and O–H groups in total. The van der Waals surface area contributed by atoms with E-state index in [0.29, 0.717) is 11.8 Å². The Morgan fingerprint density at radius 1 is 0.438 bits per heavy atom. The van der Waals surface area contributed by atoms with Gasteiger partial charge in [-0.05, 0) is 133 Å². The molecule has 48 heavy (non-hydrogen) atoms. The fraction of sp³-hybridized carbons (Fsp3) is 0.455. The molecular formula is C44H54N2O2. The van der Waals surface area contributed by atoms with Gasteiger partial charge in [0.2, 0.25) is 0 Å². The number of hydrogen-bond acceptors (Lipinski definition) is 4. The number of anilines is 2. The lowest BCUT2D eigenvalue weighted by molar-refractivity contribution is 0.362. The van der Waals surface area contributed by atoms with Crippen molar-refractivity contribution in [2.75, 3.05) is 11.5 Å². The fourth-order valence-corrected chi connectivity index (χ4v) is 8.92. The third kappa shape index (κ3) is 7.38. The van der Waals surface area contributed by atoms with Gasteiger partial charge in [0.25, 0.3) is 0 Å². The van der Waals surface area contributed by atoms with Crippen molar-refractivity contribution < 1.29 is 9.47 Å². The molecule has 0 saturated heterocycles. The molecule has 3 saturated carbocycles. The minimum Gasteiger partial charge on any atom is -0.457 e. The number of ether oxygens (including phenoxy) is 2. The van der Waals surface area contributed by atoms with E-state index >= 15 is 0 Å². The molecule has 3 fully saturated rings. The molecule has 0 aliphatic heterocycles. The summed E-state index contributed by atoms with van der Waals surface area (Å²) in [4.78, 5) is 0. The summed E-state index contributed by atoms with van der Waals surface area (Å²) in [6.45, 7) is 0. The van der Waals surface area contributed by atoms with Crippen LogP contribution < -0.4 is 20.9 Å². The lowest BCUT2D eigenvalue weighted by Gasteiger charge is -2.39. The maximum absolute atomic E-state index is 6.64. The number of hydrogen-bond donors (Lipinski definition) is 2. The predicted octanol–water partition coefficient (Wildman–Crippen LogP) is 12.6. The van der Waals surface area contributed by atoms with E-state index in [1.165, 1.54) is 131 Å². The first-order valence-electron chi connectivity index (χ1n) is 18.9. The van der Waals surface area contributed by atoms with Gasteiger partial charge >= 0.3 is 0 Å². The van der Waals surface area contributed by atoms with Crippen molar-refractivity contribution >= 4 is 11.4 Å². The van der Waals surface area contributed by atoms with Gasteiger partial charge in [-0.15, -0.1) is 0 Å². The van der Waals surface area contributed by atoms with E-state index in [-0.39, 0.29) is 5.41 Å². The Morgan fingerprint density at radius 3 is 1.23 bits per heavy atom. The second-order valence-electron chi connectivity index (χ2n) is 14.9. The number of nitrogens with two attached hydrogens (primary N) is 2. The highest BCUT2D eigenvalue weighted by Crippen LogP contribution is 2.49. The normalized spacial score (nSPS) is 19.2. The van der Waals surface area contributed by atoms with Gasteiger partial charge in [0.05, 0.1) is 0 Å². The third-order valence-electron chi connectivity index (χ3n) is 11.6. The average Bonchev–Trinajstić information content (AvgIpc) is 3.12. The van der Waals surface area contributed by atoms with Gasteiger partial charge in [0.1, 0.15) is 23.0 Å². The maximum atomic E-state index is 6.64. The largest absolute Gasteiger partial charge is 0.457 e. The summed E-state index contributed by atoms with van der Waals surface area (Å²) >= 11 is 0. The van der Waals surface area contributed by atoms with Crippen LogP contribution in [0.4, 0.5) is 11.4 Å². The molecule has 0 radical (unpaired) electrons. The lowest BCUT2D eigenvalue weighted by atomic mass is 9.65. The van der Waals surface area contributed by atoms with Crippen LogP contribution in [0.15, 0.2) is 84.9 Å². The highest BCUT2D eigenvalue weighted by molar-refractivity contribution is 5.53.